The summed E-state index contributed by atoms with van der Waals surface area (Å²) in [5, 5.41) is 0. The molecule has 0 amide bonds. The van der Waals surface area contributed by atoms with Crippen molar-refractivity contribution in [2.75, 3.05) is 40.3 Å². The maximum absolute atomic E-state index is 5.71. The molecule has 0 aromatic rings. The van der Waals surface area contributed by atoms with Crippen LogP contribution >= 0.6 is 0 Å². The van der Waals surface area contributed by atoms with Gasteiger partial charge in [0, 0.05) is 12.6 Å². The van der Waals surface area contributed by atoms with Crippen LogP contribution in [0.1, 0.15) is 46.0 Å². The molecule has 2 N–H and O–H groups in total. The lowest BCUT2D eigenvalue weighted by atomic mass is 9.88. The summed E-state index contributed by atoms with van der Waals surface area (Å²) >= 11 is 0. The zero-order chi connectivity index (χ0) is 14.3. The van der Waals surface area contributed by atoms with Crippen LogP contribution in [0.4, 0.5) is 0 Å². The van der Waals surface area contributed by atoms with E-state index in [0.29, 0.717) is 0 Å². The second kappa shape index (κ2) is 8.93. The minimum atomic E-state index is 0.769. The highest BCUT2D eigenvalue weighted by molar-refractivity contribution is 4.77. The lowest BCUT2D eigenvalue weighted by Gasteiger charge is -2.36. The molecule has 1 saturated heterocycles. The number of hydrogen-bond donors (Lipinski definition) is 1. The first-order valence-corrected chi connectivity index (χ1v) is 8.13. The summed E-state index contributed by atoms with van der Waals surface area (Å²) in [6, 6.07) is 0.769. The highest BCUT2D eigenvalue weighted by Crippen LogP contribution is 2.21. The van der Waals surface area contributed by atoms with Crippen LogP contribution in [0.5, 0.6) is 0 Å². The number of likely N-dealkylation sites (N-methyl/N-ethyl adjacent to an activating group) is 2. The van der Waals surface area contributed by atoms with Crippen LogP contribution in [0.2, 0.25) is 0 Å². The second-order valence-corrected chi connectivity index (χ2v) is 6.76. The molecule has 1 aliphatic heterocycles. The van der Waals surface area contributed by atoms with E-state index in [0.717, 1.165) is 24.4 Å². The van der Waals surface area contributed by atoms with E-state index in [9.17, 15) is 0 Å². The van der Waals surface area contributed by atoms with Crippen molar-refractivity contribution in [3.05, 3.63) is 0 Å². The zero-order valence-corrected chi connectivity index (χ0v) is 13.6. The Morgan fingerprint density at radius 2 is 2.05 bits per heavy atom. The molecule has 1 aliphatic rings. The van der Waals surface area contributed by atoms with Gasteiger partial charge in [-0.1, -0.05) is 13.8 Å². The van der Waals surface area contributed by atoms with E-state index < -0.39 is 0 Å². The number of rotatable bonds is 8. The average Bonchev–Trinajstić information content (AvgIpc) is 2.37. The van der Waals surface area contributed by atoms with Crippen molar-refractivity contribution >= 4 is 0 Å². The molecule has 0 aromatic carbocycles. The molecule has 2 unspecified atom stereocenters. The molecule has 1 heterocycles. The summed E-state index contributed by atoms with van der Waals surface area (Å²) in [4.78, 5) is 5.05. The van der Waals surface area contributed by atoms with Gasteiger partial charge in [0.1, 0.15) is 0 Å². The minimum Gasteiger partial charge on any atom is -0.330 e. The molecule has 0 bridgehead atoms. The molecule has 114 valence electrons. The van der Waals surface area contributed by atoms with Gasteiger partial charge in [0.05, 0.1) is 0 Å². The van der Waals surface area contributed by atoms with Crippen molar-refractivity contribution in [1.29, 1.82) is 0 Å². The quantitative estimate of drug-likeness (QED) is 0.734. The van der Waals surface area contributed by atoms with Crippen LogP contribution in [-0.4, -0.2) is 56.1 Å². The van der Waals surface area contributed by atoms with Crippen molar-refractivity contribution in [3.63, 3.8) is 0 Å². The van der Waals surface area contributed by atoms with E-state index in [1.54, 1.807) is 0 Å². The maximum atomic E-state index is 5.71. The molecule has 0 spiro atoms. The molecule has 1 rings (SSSR count). The molecule has 0 aliphatic carbocycles. The van der Waals surface area contributed by atoms with Gasteiger partial charge < -0.3 is 15.5 Å². The number of nitrogens with two attached hydrogens (primary N) is 1. The number of piperidine rings is 1. The van der Waals surface area contributed by atoms with Crippen molar-refractivity contribution in [2.45, 2.75) is 52.0 Å². The number of nitrogens with zero attached hydrogens (tertiary/aromatic N) is 2. The van der Waals surface area contributed by atoms with Crippen LogP contribution in [0.15, 0.2) is 0 Å². The smallest absolute Gasteiger partial charge is 0.0220 e. The molecule has 19 heavy (non-hydrogen) atoms. The summed E-state index contributed by atoms with van der Waals surface area (Å²) < 4.78 is 0. The number of hydrogen-bond acceptors (Lipinski definition) is 3. The van der Waals surface area contributed by atoms with Crippen LogP contribution in [-0.2, 0) is 0 Å². The lowest BCUT2D eigenvalue weighted by molar-refractivity contribution is 0.130. The van der Waals surface area contributed by atoms with Crippen LogP contribution < -0.4 is 5.73 Å². The van der Waals surface area contributed by atoms with E-state index in [2.05, 4.69) is 37.7 Å². The standard InChI is InChI=1S/C16H35N3/c1-14(2)15(9-10-17)7-5-12-19(4)16-8-6-11-18(3)13-16/h14-16H,5-13,17H2,1-4H3. The molecular weight excluding hydrogens is 234 g/mol. The largest absolute Gasteiger partial charge is 0.330 e. The SMILES string of the molecule is CC(C)C(CCN)CCCN(C)C1CCCN(C)C1. The van der Waals surface area contributed by atoms with E-state index in [1.807, 2.05) is 0 Å². The highest BCUT2D eigenvalue weighted by Gasteiger charge is 2.21. The van der Waals surface area contributed by atoms with Gasteiger partial charge in [-0.3, -0.25) is 0 Å². The Morgan fingerprint density at radius 1 is 1.32 bits per heavy atom. The Kier molecular flexibility index (Phi) is 7.96. The van der Waals surface area contributed by atoms with Gasteiger partial charge in [-0.15, -0.1) is 0 Å². The first-order chi connectivity index (χ1) is 9.04. The summed E-state index contributed by atoms with van der Waals surface area (Å²) in [6.45, 7) is 9.27. The predicted octanol–water partition coefficient (Wildman–Crippen LogP) is 2.41. The van der Waals surface area contributed by atoms with Gasteiger partial charge >= 0.3 is 0 Å². The summed E-state index contributed by atoms with van der Waals surface area (Å²) in [5.41, 5.74) is 5.71. The van der Waals surface area contributed by atoms with Gasteiger partial charge in [-0.25, -0.2) is 0 Å². The fraction of sp³-hybridized carbons (Fsp3) is 1.00. The Morgan fingerprint density at radius 3 is 2.63 bits per heavy atom. The monoisotopic (exact) mass is 269 g/mol. The molecular formula is C16H35N3. The summed E-state index contributed by atoms with van der Waals surface area (Å²) in [7, 11) is 4.55. The Labute approximate surface area is 120 Å². The molecule has 0 radical (unpaired) electrons. The molecule has 3 nitrogen and oxygen atoms in total. The van der Waals surface area contributed by atoms with Crippen molar-refractivity contribution in [2.24, 2.45) is 17.6 Å². The average molecular weight is 269 g/mol. The van der Waals surface area contributed by atoms with Gasteiger partial charge in [0.25, 0.3) is 0 Å². The summed E-state index contributed by atoms with van der Waals surface area (Å²) in [6.07, 6.45) is 6.57. The maximum Gasteiger partial charge on any atom is 0.0220 e. The Hall–Kier alpha value is -0.120. The summed E-state index contributed by atoms with van der Waals surface area (Å²) in [5.74, 6) is 1.59. The van der Waals surface area contributed by atoms with Crippen LogP contribution in [0.25, 0.3) is 0 Å². The fourth-order valence-corrected chi connectivity index (χ4v) is 3.31. The van der Waals surface area contributed by atoms with E-state index in [-0.39, 0.29) is 0 Å². The van der Waals surface area contributed by atoms with Gasteiger partial charge in [0.2, 0.25) is 0 Å². The normalized spacial score (nSPS) is 23.2. The van der Waals surface area contributed by atoms with Crippen LogP contribution in [0, 0.1) is 11.8 Å². The Bertz CT molecular complexity index is 230. The van der Waals surface area contributed by atoms with Crippen molar-refractivity contribution in [1.82, 2.24) is 9.80 Å². The number of likely N-dealkylation sites (tertiary alicyclic amines) is 1. The van der Waals surface area contributed by atoms with E-state index >= 15 is 0 Å². The van der Waals surface area contributed by atoms with Crippen LogP contribution in [0.3, 0.4) is 0 Å². The van der Waals surface area contributed by atoms with Crippen molar-refractivity contribution in [3.8, 4) is 0 Å². The van der Waals surface area contributed by atoms with E-state index in [1.165, 1.54) is 51.7 Å². The third-order valence-electron chi connectivity index (χ3n) is 4.79. The third-order valence-corrected chi connectivity index (χ3v) is 4.79. The first-order valence-electron chi connectivity index (χ1n) is 8.13. The third kappa shape index (κ3) is 6.24. The van der Waals surface area contributed by atoms with Crippen molar-refractivity contribution < 1.29 is 0 Å². The van der Waals surface area contributed by atoms with Gasteiger partial charge in [-0.2, -0.15) is 0 Å². The van der Waals surface area contributed by atoms with Gasteiger partial charge in [0.15, 0.2) is 0 Å². The fourth-order valence-electron chi connectivity index (χ4n) is 3.31. The second-order valence-electron chi connectivity index (χ2n) is 6.76. The predicted molar refractivity (Wildman–Crippen MR) is 84.4 cm³/mol. The van der Waals surface area contributed by atoms with E-state index in [4.69, 9.17) is 5.73 Å². The lowest BCUT2D eigenvalue weighted by Crippen LogP contribution is -2.45. The molecule has 2 atom stereocenters. The van der Waals surface area contributed by atoms with Gasteiger partial charge in [-0.05, 0) is 77.7 Å². The molecule has 3 heteroatoms. The Balaban J connectivity index is 2.23. The topological polar surface area (TPSA) is 32.5 Å². The highest BCUT2D eigenvalue weighted by atomic mass is 15.2. The minimum absolute atomic E-state index is 0.769. The zero-order valence-electron chi connectivity index (χ0n) is 13.6. The first kappa shape index (κ1) is 16.9. The molecule has 0 aromatic heterocycles. The molecule has 0 saturated carbocycles. The molecule has 1 fully saturated rings.